The standard InChI is InChI=1S/C19H13F4NO3S/c20-14-8-10(19(21,22)23)2-6-15(14)27-11-3-5-12-9(7-11)1-4-13(12)16-17(25)24-18(26)28-16/h2-3,5-8,13,25H,1,4H2,(H,24,26)/t13-/m1/s1. The number of rotatable bonds is 3. The highest BCUT2D eigenvalue weighted by Crippen LogP contribution is 2.43. The second-order valence-corrected chi connectivity index (χ2v) is 7.44. The van der Waals surface area contributed by atoms with Crippen LogP contribution in [0.1, 0.15) is 33.9 Å². The lowest BCUT2D eigenvalue weighted by atomic mass is 10.00. The molecule has 0 unspecified atom stereocenters. The van der Waals surface area contributed by atoms with Crippen LogP contribution < -0.4 is 9.61 Å². The van der Waals surface area contributed by atoms with Gasteiger partial charge in [-0.1, -0.05) is 17.4 Å². The summed E-state index contributed by atoms with van der Waals surface area (Å²) in [6.45, 7) is 0. The van der Waals surface area contributed by atoms with Crippen molar-refractivity contribution >= 4 is 11.3 Å². The van der Waals surface area contributed by atoms with Gasteiger partial charge < -0.3 is 9.84 Å². The van der Waals surface area contributed by atoms with Crippen molar-refractivity contribution in [1.82, 2.24) is 4.98 Å². The van der Waals surface area contributed by atoms with Crippen molar-refractivity contribution in [3.8, 4) is 17.4 Å². The zero-order valence-electron chi connectivity index (χ0n) is 14.1. The Hall–Kier alpha value is -2.81. The number of nitrogens with one attached hydrogen (secondary N) is 1. The van der Waals surface area contributed by atoms with Crippen LogP contribution >= 0.6 is 11.3 Å². The number of alkyl halides is 3. The fourth-order valence-corrected chi connectivity index (χ4v) is 4.27. The average molecular weight is 411 g/mol. The maximum atomic E-state index is 14.0. The fraction of sp³-hybridized carbons (Fsp3) is 0.211. The van der Waals surface area contributed by atoms with Crippen LogP contribution in [0.25, 0.3) is 0 Å². The van der Waals surface area contributed by atoms with Gasteiger partial charge in [-0.25, -0.2) is 4.39 Å². The minimum Gasteiger partial charge on any atom is -0.494 e. The van der Waals surface area contributed by atoms with E-state index >= 15 is 0 Å². The molecular formula is C19H13F4NO3S. The summed E-state index contributed by atoms with van der Waals surface area (Å²) >= 11 is 0.953. The Kier molecular flexibility index (Phi) is 4.41. The third-order valence-corrected chi connectivity index (χ3v) is 5.64. The monoisotopic (exact) mass is 411 g/mol. The van der Waals surface area contributed by atoms with Gasteiger partial charge in [0, 0.05) is 5.92 Å². The van der Waals surface area contributed by atoms with Gasteiger partial charge in [0.1, 0.15) is 5.75 Å². The van der Waals surface area contributed by atoms with Crippen molar-refractivity contribution in [2.45, 2.75) is 24.9 Å². The smallest absolute Gasteiger partial charge is 0.416 e. The Morgan fingerprint density at radius 1 is 1.18 bits per heavy atom. The van der Waals surface area contributed by atoms with Crippen LogP contribution in [0.4, 0.5) is 17.6 Å². The first-order chi connectivity index (χ1) is 13.2. The molecular weight excluding hydrogens is 398 g/mol. The largest absolute Gasteiger partial charge is 0.494 e. The van der Waals surface area contributed by atoms with Crippen molar-refractivity contribution < 1.29 is 27.4 Å². The van der Waals surface area contributed by atoms with E-state index in [2.05, 4.69) is 4.98 Å². The molecule has 4 rings (SSSR count). The highest BCUT2D eigenvalue weighted by Gasteiger charge is 2.32. The van der Waals surface area contributed by atoms with Crippen LogP contribution in [0.5, 0.6) is 17.4 Å². The number of aryl methyl sites for hydroxylation is 1. The SMILES string of the molecule is O=c1[nH]c(O)c([C@@H]2CCc3cc(Oc4ccc(C(F)(F)F)cc4F)ccc32)s1. The molecule has 1 aromatic heterocycles. The van der Waals surface area contributed by atoms with Gasteiger partial charge in [0.05, 0.1) is 10.4 Å². The number of aromatic amines is 1. The summed E-state index contributed by atoms with van der Waals surface area (Å²) in [7, 11) is 0. The molecule has 0 saturated heterocycles. The van der Waals surface area contributed by atoms with E-state index in [0.717, 1.165) is 34.6 Å². The van der Waals surface area contributed by atoms with Gasteiger partial charge in [-0.05, 0) is 54.3 Å². The quantitative estimate of drug-likeness (QED) is 0.585. The lowest BCUT2D eigenvalue weighted by Gasteiger charge is -2.12. The number of H-pyrrole nitrogens is 1. The normalized spacial score (nSPS) is 16.2. The Labute approximate surface area is 160 Å². The predicted molar refractivity (Wildman–Crippen MR) is 94.7 cm³/mol. The molecule has 9 heteroatoms. The summed E-state index contributed by atoms with van der Waals surface area (Å²) in [4.78, 5) is 14.0. The van der Waals surface area contributed by atoms with E-state index < -0.39 is 17.6 Å². The second-order valence-electron chi connectivity index (χ2n) is 6.42. The van der Waals surface area contributed by atoms with Crippen LogP contribution in [0.2, 0.25) is 0 Å². The summed E-state index contributed by atoms with van der Waals surface area (Å²) in [5.41, 5.74) is 0.750. The van der Waals surface area contributed by atoms with Crippen LogP contribution in [-0.2, 0) is 12.6 Å². The molecule has 2 aromatic carbocycles. The molecule has 1 atom stereocenters. The highest BCUT2D eigenvalue weighted by molar-refractivity contribution is 7.09. The van der Waals surface area contributed by atoms with Gasteiger partial charge in [-0.3, -0.25) is 9.78 Å². The van der Waals surface area contributed by atoms with Crippen molar-refractivity contribution in [3.63, 3.8) is 0 Å². The summed E-state index contributed by atoms with van der Waals surface area (Å²) in [6, 6.07) is 7.14. The Bertz CT molecular complexity index is 1100. The van der Waals surface area contributed by atoms with Crippen molar-refractivity contribution in [1.29, 1.82) is 0 Å². The van der Waals surface area contributed by atoms with Gasteiger partial charge >= 0.3 is 11.0 Å². The molecule has 0 aliphatic heterocycles. The predicted octanol–water partition coefficient (Wildman–Crippen LogP) is 5.17. The molecule has 28 heavy (non-hydrogen) atoms. The zero-order chi connectivity index (χ0) is 20.1. The van der Waals surface area contributed by atoms with Crippen LogP contribution in [-0.4, -0.2) is 10.1 Å². The molecule has 0 spiro atoms. The molecule has 3 aromatic rings. The number of fused-ring (bicyclic) bond motifs is 1. The average Bonchev–Trinajstić information content (AvgIpc) is 3.17. The molecule has 0 radical (unpaired) electrons. The summed E-state index contributed by atoms with van der Waals surface area (Å²) in [5.74, 6) is -1.38. The van der Waals surface area contributed by atoms with Crippen LogP contribution in [0, 0.1) is 5.82 Å². The Morgan fingerprint density at radius 2 is 1.96 bits per heavy atom. The number of hydrogen-bond acceptors (Lipinski definition) is 4. The van der Waals surface area contributed by atoms with Gasteiger partial charge in [0.25, 0.3) is 0 Å². The number of aromatic nitrogens is 1. The van der Waals surface area contributed by atoms with E-state index in [-0.39, 0.29) is 22.4 Å². The molecule has 146 valence electrons. The first-order valence-electron chi connectivity index (χ1n) is 8.32. The second kappa shape index (κ2) is 6.66. The zero-order valence-corrected chi connectivity index (χ0v) is 15.0. The molecule has 2 N–H and O–H groups in total. The van der Waals surface area contributed by atoms with E-state index in [0.29, 0.717) is 29.5 Å². The minimum atomic E-state index is -4.63. The molecule has 0 amide bonds. The summed E-state index contributed by atoms with van der Waals surface area (Å²) < 4.78 is 57.3. The summed E-state index contributed by atoms with van der Waals surface area (Å²) in [5, 5.41) is 9.89. The number of benzene rings is 2. The number of thiazole rings is 1. The molecule has 0 saturated carbocycles. The molecule has 1 heterocycles. The van der Waals surface area contributed by atoms with Crippen molar-refractivity contribution in [3.05, 3.63) is 73.5 Å². The lowest BCUT2D eigenvalue weighted by Crippen LogP contribution is -2.05. The van der Waals surface area contributed by atoms with Gasteiger partial charge in [0.2, 0.25) is 5.88 Å². The van der Waals surface area contributed by atoms with E-state index in [1.165, 1.54) is 0 Å². The molecule has 0 fully saturated rings. The van der Waals surface area contributed by atoms with Gasteiger partial charge in [-0.2, -0.15) is 13.2 Å². The first-order valence-corrected chi connectivity index (χ1v) is 9.13. The lowest BCUT2D eigenvalue weighted by molar-refractivity contribution is -0.137. The highest BCUT2D eigenvalue weighted by atomic mass is 32.1. The molecule has 1 aliphatic carbocycles. The topological polar surface area (TPSA) is 62.3 Å². The number of ether oxygens (including phenoxy) is 1. The fourth-order valence-electron chi connectivity index (χ4n) is 3.38. The number of hydrogen-bond donors (Lipinski definition) is 2. The third kappa shape index (κ3) is 3.37. The molecule has 1 aliphatic rings. The van der Waals surface area contributed by atoms with Crippen molar-refractivity contribution in [2.75, 3.05) is 0 Å². The molecule has 0 bridgehead atoms. The van der Waals surface area contributed by atoms with E-state index in [4.69, 9.17) is 4.74 Å². The van der Waals surface area contributed by atoms with E-state index in [1.54, 1.807) is 18.2 Å². The van der Waals surface area contributed by atoms with Gasteiger partial charge in [0.15, 0.2) is 11.6 Å². The van der Waals surface area contributed by atoms with E-state index in [9.17, 15) is 27.5 Å². The maximum absolute atomic E-state index is 14.0. The maximum Gasteiger partial charge on any atom is 0.416 e. The third-order valence-electron chi connectivity index (χ3n) is 4.65. The van der Waals surface area contributed by atoms with Gasteiger partial charge in [-0.15, -0.1) is 0 Å². The van der Waals surface area contributed by atoms with E-state index in [1.807, 2.05) is 0 Å². The minimum absolute atomic E-state index is 0.129. The first kappa shape index (κ1) is 18.5. The van der Waals surface area contributed by atoms with Crippen molar-refractivity contribution in [2.24, 2.45) is 0 Å². The molecule has 4 nitrogen and oxygen atoms in total. The Balaban J connectivity index is 1.59. The van der Waals surface area contributed by atoms with Crippen LogP contribution in [0.15, 0.2) is 41.2 Å². The number of aromatic hydroxyl groups is 1. The summed E-state index contributed by atoms with van der Waals surface area (Å²) in [6.07, 6.45) is -3.27. The Morgan fingerprint density at radius 3 is 2.61 bits per heavy atom. The number of halogens is 4. The van der Waals surface area contributed by atoms with Crippen LogP contribution in [0.3, 0.4) is 0 Å².